The van der Waals surface area contributed by atoms with E-state index in [0.717, 1.165) is 6.42 Å². The minimum atomic E-state index is -0.922. The van der Waals surface area contributed by atoms with Crippen molar-refractivity contribution in [3.8, 4) is 0 Å². The number of carboxylic acid groups (broad SMARTS) is 1. The molecule has 5 nitrogen and oxygen atoms in total. The molecule has 0 radical (unpaired) electrons. The van der Waals surface area contributed by atoms with Gasteiger partial charge in [-0.3, -0.25) is 9.59 Å². The highest BCUT2D eigenvalue weighted by Crippen LogP contribution is 1.95. The highest BCUT2D eigenvalue weighted by molar-refractivity contribution is 5.82. The van der Waals surface area contributed by atoms with Crippen molar-refractivity contribution < 1.29 is 14.7 Å². The molecule has 0 aromatic heterocycles. The maximum atomic E-state index is 11.2. The van der Waals surface area contributed by atoms with Crippen molar-refractivity contribution >= 4 is 11.9 Å². The summed E-state index contributed by atoms with van der Waals surface area (Å²) in [5.74, 6) is -1.78. The molecular formula is C9H18N2O3. The van der Waals surface area contributed by atoms with Gasteiger partial charge in [0.15, 0.2) is 0 Å². The molecule has 0 aliphatic carbocycles. The lowest BCUT2D eigenvalue weighted by Crippen LogP contribution is -2.42. The van der Waals surface area contributed by atoms with Gasteiger partial charge in [0.05, 0.1) is 12.0 Å². The van der Waals surface area contributed by atoms with E-state index in [-0.39, 0.29) is 12.5 Å². The largest absolute Gasteiger partial charge is 0.481 e. The summed E-state index contributed by atoms with van der Waals surface area (Å²) in [5, 5.41) is 11.1. The average molecular weight is 202 g/mol. The summed E-state index contributed by atoms with van der Waals surface area (Å²) in [6.07, 6.45) is 1.45. The zero-order valence-corrected chi connectivity index (χ0v) is 8.62. The number of carbonyl (C=O) groups excluding carboxylic acids is 1. The van der Waals surface area contributed by atoms with Crippen LogP contribution >= 0.6 is 0 Å². The van der Waals surface area contributed by atoms with Crippen LogP contribution in [0.5, 0.6) is 0 Å². The van der Waals surface area contributed by atoms with Crippen LogP contribution < -0.4 is 11.1 Å². The molecule has 0 saturated carbocycles. The first kappa shape index (κ1) is 12.9. The van der Waals surface area contributed by atoms with Gasteiger partial charge in [0.2, 0.25) is 5.91 Å². The summed E-state index contributed by atoms with van der Waals surface area (Å²) in [6, 6.07) is -0.527. The van der Waals surface area contributed by atoms with Crippen molar-refractivity contribution in [2.45, 2.75) is 32.7 Å². The van der Waals surface area contributed by atoms with Gasteiger partial charge >= 0.3 is 5.97 Å². The SMILES string of the molecule is CCC[C@@H](N)C(=O)NCC(C)C(=O)O. The lowest BCUT2D eigenvalue weighted by atomic mass is 10.1. The summed E-state index contributed by atoms with van der Waals surface area (Å²) in [5.41, 5.74) is 5.53. The number of nitrogens with one attached hydrogen (secondary N) is 1. The Kier molecular flexibility index (Phi) is 5.87. The van der Waals surface area contributed by atoms with E-state index in [4.69, 9.17) is 10.8 Å². The minimum absolute atomic E-state index is 0.131. The Balaban J connectivity index is 3.78. The quantitative estimate of drug-likeness (QED) is 0.563. The van der Waals surface area contributed by atoms with Gasteiger partial charge < -0.3 is 16.2 Å². The van der Waals surface area contributed by atoms with Crippen LogP contribution in [0.4, 0.5) is 0 Å². The van der Waals surface area contributed by atoms with E-state index in [9.17, 15) is 9.59 Å². The zero-order valence-electron chi connectivity index (χ0n) is 8.62. The van der Waals surface area contributed by atoms with Gasteiger partial charge in [-0.15, -0.1) is 0 Å². The number of amides is 1. The second-order valence-corrected chi connectivity index (χ2v) is 3.38. The number of hydrogen-bond donors (Lipinski definition) is 3. The molecule has 0 rings (SSSR count). The van der Waals surface area contributed by atoms with Gasteiger partial charge in [0, 0.05) is 6.54 Å². The van der Waals surface area contributed by atoms with E-state index >= 15 is 0 Å². The third-order valence-corrected chi connectivity index (χ3v) is 1.94. The van der Waals surface area contributed by atoms with Gasteiger partial charge in [-0.25, -0.2) is 0 Å². The topological polar surface area (TPSA) is 92.4 Å². The van der Waals surface area contributed by atoms with Crippen molar-refractivity contribution in [3.05, 3.63) is 0 Å². The fourth-order valence-electron chi connectivity index (χ4n) is 0.914. The maximum absolute atomic E-state index is 11.2. The minimum Gasteiger partial charge on any atom is -0.481 e. The molecule has 5 heteroatoms. The van der Waals surface area contributed by atoms with Crippen LogP contribution in [-0.4, -0.2) is 29.6 Å². The van der Waals surface area contributed by atoms with Crippen LogP contribution in [0.25, 0.3) is 0 Å². The fraction of sp³-hybridized carbons (Fsp3) is 0.778. The lowest BCUT2D eigenvalue weighted by Gasteiger charge is -2.12. The Morgan fingerprint density at radius 3 is 2.50 bits per heavy atom. The van der Waals surface area contributed by atoms with Gasteiger partial charge in [-0.05, 0) is 6.42 Å². The zero-order chi connectivity index (χ0) is 11.1. The van der Waals surface area contributed by atoms with Crippen LogP contribution in [0.3, 0.4) is 0 Å². The van der Waals surface area contributed by atoms with Crippen LogP contribution in [0.15, 0.2) is 0 Å². The first-order chi connectivity index (χ1) is 6.49. The van der Waals surface area contributed by atoms with E-state index in [0.29, 0.717) is 6.42 Å². The standard InChI is InChI=1S/C9H18N2O3/c1-3-4-7(10)8(12)11-5-6(2)9(13)14/h6-7H,3-5,10H2,1-2H3,(H,11,12)(H,13,14)/t6?,7-/m1/s1. The summed E-state index contributed by atoms with van der Waals surface area (Å²) in [6.45, 7) is 3.60. The molecule has 0 fully saturated rings. The van der Waals surface area contributed by atoms with E-state index in [1.165, 1.54) is 6.92 Å². The summed E-state index contributed by atoms with van der Waals surface area (Å²) >= 11 is 0. The Morgan fingerprint density at radius 2 is 2.07 bits per heavy atom. The first-order valence-electron chi connectivity index (χ1n) is 4.75. The van der Waals surface area contributed by atoms with E-state index in [2.05, 4.69) is 5.32 Å². The van der Waals surface area contributed by atoms with Crippen molar-refractivity contribution in [3.63, 3.8) is 0 Å². The number of aliphatic carboxylic acids is 1. The molecule has 0 bridgehead atoms. The van der Waals surface area contributed by atoms with Crippen molar-refractivity contribution in [2.24, 2.45) is 11.7 Å². The second-order valence-electron chi connectivity index (χ2n) is 3.38. The molecule has 2 atom stereocenters. The predicted molar refractivity (Wildman–Crippen MR) is 52.7 cm³/mol. The van der Waals surface area contributed by atoms with Crippen LogP contribution in [-0.2, 0) is 9.59 Å². The Hall–Kier alpha value is -1.10. The smallest absolute Gasteiger partial charge is 0.308 e. The molecule has 1 amide bonds. The Labute approximate surface area is 83.7 Å². The normalized spacial score (nSPS) is 14.5. The average Bonchev–Trinajstić information content (AvgIpc) is 2.13. The molecular weight excluding hydrogens is 184 g/mol. The Morgan fingerprint density at radius 1 is 1.50 bits per heavy atom. The molecule has 0 aliphatic rings. The van der Waals surface area contributed by atoms with Crippen molar-refractivity contribution in [2.75, 3.05) is 6.54 Å². The molecule has 0 saturated heterocycles. The molecule has 14 heavy (non-hydrogen) atoms. The highest BCUT2D eigenvalue weighted by atomic mass is 16.4. The monoisotopic (exact) mass is 202 g/mol. The Bertz CT molecular complexity index is 206. The molecule has 0 aromatic carbocycles. The van der Waals surface area contributed by atoms with Crippen LogP contribution in [0.1, 0.15) is 26.7 Å². The molecule has 0 aromatic rings. The number of hydrogen-bond acceptors (Lipinski definition) is 3. The third-order valence-electron chi connectivity index (χ3n) is 1.94. The van der Waals surface area contributed by atoms with Gasteiger partial charge in [0.25, 0.3) is 0 Å². The van der Waals surface area contributed by atoms with E-state index in [1.807, 2.05) is 6.92 Å². The maximum Gasteiger partial charge on any atom is 0.308 e. The highest BCUT2D eigenvalue weighted by Gasteiger charge is 2.15. The summed E-state index contributed by atoms with van der Waals surface area (Å²) in [7, 11) is 0. The van der Waals surface area contributed by atoms with Gasteiger partial charge in [-0.2, -0.15) is 0 Å². The molecule has 0 spiro atoms. The molecule has 4 N–H and O–H groups in total. The predicted octanol–water partition coefficient (Wildman–Crippen LogP) is -0.0493. The third kappa shape index (κ3) is 4.81. The van der Waals surface area contributed by atoms with Gasteiger partial charge in [-0.1, -0.05) is 20.3 Å². The molecule has 0 aliphatic heterocycles. The molecule has 0 heterocycles. The van der Waals surface area contributed by atoms with Gasteiger partial charge in [0.1, 0.15) is 0 Å². The number of nitrogens with two attached hydrogens (primary N) is 1. The van der Waals surface area contributed by atoms with Crippen LogP contribution in [0, 0.1) is 5.92 Å². The lowest BCUT2D eigenvalue weighted by molar-refractivity contribution is -0.141. The molecule has 82 valence electrons. The molecule has 1 unspecified atom stereocenters. The number of carbonyl (C=O) groups is 2. The van der Waals surface area contributed by atoms with Crippen molar-refractivity contribution in [1.29, 1.82) is 0 Å². The fourth-order valence-corrected chi connectivity index (χ4v) is 0.914. The summed E-state index contributed by atoms with van der Waals surface area (Å²) < 4.78 is 0. The van der Waals surface area contributed by atoms with E-state index in [1.54, 1.807) is 0 Å². The first-order valence-corrected chi connectivity index (χ1v) is 4.75. The van der Waals surface area contributed by atoms with E-state index < -0.39 is 17.9 Å². The van der Waals surface area contributed by atoms with Crippen LogP contribution in [0.2, 0.25) is 0 Å². The van der Waals surface area contributed by atoms with Crippen molar-refractivity contribution in [1.82, 2.24) is 5.32 Å². The number of rotatable bonds is 6. The summed E-state index contributed by atoms with van der Waals surface area (Å²) in [4.78, 5) is 21.7. The second kappa shape index (κ2) is 6.37. The number of carboxylic acids is 1.